The van der Waals surface area contributed by atoms with Crippen molar-refractivity contribution in [3.8, 4) is 0 Å². The van der Waals surface area contributed by atoms with Gasteiger partial charge in [0.1, 0.15) is 13.2 Å². The molecule has 0 spiro atoms. The molecule has 85 heavy (non-hydrogen) atoms. The fourth-order valence-electron chi connectivity index (χ4n) is 9.71. The van der Waals surface area contributed by atoms with E-state index in [0.29, 0.717) is 17.4 Å². The van der Waals surface area contributed by atoms with E-state index in [1.165, 1.54) is 167 Å². The summed E-state index contributed by atoms with van der Waals surface area (Å²) in [6.45, 7) is 4.62. The van der Waals surface area contributed by atoms with Gasteiger partial charge in [0.25, 0.3) is 0 Å². The first kappa shape index (κ1) is 81.0. The van der Waals surface area contributed by atoms with Crippen LogP contribution >= 0.6 is 0 Å². The molecule has 2 atom stereocenters. The second-order valence-electron chi connectivity index (χ2n) is 24.4. The maximum absolute atomic E-state index is 12.9. The number of hydrogen-bond donors (Lipinski definition) is 0. The van der Waals surface area contributed by atoms with Crippen LogP contribution in [0.4, 0.5) is 0 Å². The minimum atomic E-state index is -1.64. The lowest BCUT2D eigenvalue weighted by molar-refractivity contribution is -0.870. The first-order valence-corrected chi connectivity index (χ1v) is 35.0. The zero-order valence-electron chi connectivity index (χ0n) is 55.7. The van der Waals surface area contributed by atoms with Crippen LogP contribution in [0.2, 0.25) is 0 Å². The molecule has 9 heteroatoms. The molecule has 0 rings (SSSR count). The van der Waals surface area contributed by atoms with Crippen LogP contribution < -0.4 is 5.11 Å². The van der Waals surface area contributed by atoms with Crippen molar-refractivity contribution in [3.05, 3.63) is 109 Å². The number of unbranched alkanes of at least 4 members (excludes halogenated alkanes) is 31. The molecule has 0 aromatic rings. The van der Waals surface area contributed by atoms with Crippen LogP contribution in [0, 0.1) is 0 Å². The molecule has 0 heterocycles. The minimum absolute atomic E-state index is 0.137. The van der Waals surface area contributed by atoms with Gasteiger partial charge in [0.05, 0.1) is 40.3 Å². The third-order valence-corrected chi connectivity index (χ3v) is 15.0. The fraction of sp³-hybridized carbons (Fsp3) is 0.724. The Bertz CT molecular complexity index is 1760. The molecule has 488 valence electrons. The summed E-state index contributed by atoms with van der Waals surface area (Å²) in [7, 11) is 5.92. The van der Waals surface area contributed by atoms with Gasteiger partial charge in [-0.3, -0.25) is 9.59 Å². The van der Waals surface area contributed by atoms with Crippen LogP contribution in [0.1, 0.15) is 296 Å². The SMILES string of the molecule is CC/C=C\C/C=C\C/C=C\C/C=C\C/C=C\C/C=C\C/C=C\C/C=C\C/C=C\CCCCCC(=O)OC(COC(=O)CCCCCCCCCCCCCCCCCCCCCCCCCCCCCCC)COC(OCC[N+](C)(C)C)C(=O)[O-]. The number of allylic oxidation sites excluding steroid dienone is 18. The Balaban J connectivity index is 4.21. The molecule has 0 N–H and O–H groups in total. The van der Waals surface area contributed by atoms with Gasteiger partial charge >= 0.3 is 11.9 Å². The van der Waals surface area contributed by atoms with E-state index in [-0.39, 0.29) is 38.6 Å². The van der Waals surface area contributed by atoms with Gasteiger partial charge in [0.15, 0.2) is 12.4 Å². The standard InChI is InChI=1S/C76H131NO8/c1-6-8-10-12-14-16-18-20-22-24-26-28-30-32-34-36-37-39-41-43-45-47-49-51-53-55-57-59-61-63-65-67-74(79)85-72(71-84-76(75(80)81)82-69-68-77(3,4)5)70-83-73(78)66-64-62-60-58-56-54-52-50-48-46-44-42-40-38-35-33-31-29-27-25-23-21-19-17-15-13-11-9-7-2/h8,10,14,16,20,22,26,28,32,34,37,39,43,45,49,51,55,57,72,76H,6-7,9,11-13,15,17-19,21,23-25,27,29-31,33,35-36,38,40-42,44,46-48,50,52-54,56,58-71H2,1-5H3/b10-8-,16-14-,22-20-,28-26-,34-32-,39-37-,45-43-,51-49-,57-55-. The molecule has 0 aliphatic rings. The maximum atomic E-state index is 12.9. The summed E-state index contributed by atoms with van der Waals surface area (Å²) < 4.78 is 22.8. The molecule has 9 nitrogen and oxygen atoms in total. The van der Waals surface area contributed by atoms with E-state index in [0.717, 1.165) is 96.3 Å². The summed E-state index contributed by atoms with van der Waals surface area (Å²) in [6.07, 6.45) is 88.9. The molecule has 0 saturated heterocycles. The monoisotopic (exact) mass is 1190 g/mol. The molecular formula is C76H131NO8. The lowest BCUT2D eigenvalue weighted by Crippen LogP contribution is -2.44. The van der Waals surface area contributed by atoms with Crippen molar-refractivity contribution in [2.45, 2.75) is 309 Å². The average molecular weight is 1190 g/mol. The van der Waals surface area contributed by atoms with Crippen LogP contribution in [0.25, 0.3) is 0 Å². The minimum Gasteiger partial charge on any atom is -0.545 e. The van der Waals surface area contributed by atoms with E-state index >= 15 is 0 Å². The van der Waals surface area contributed by atoms with Crippen LogP contribution in [0.3, 0.4) is 0 Å². The van der Waals surface area contributed by atoms with Crippen molar-refractivity contribution in [1.82, 2.24) is 0 Å². The second-order valence-corrected chi connectivity index (χ2v) is 24.4. The molecular weight excluding hydrogens is 1050 g/mol. The molecule has 0 aliphatic carbocycles. The van der Waals surface area contributed by atoms with Gasteiger partial charge in [-0.05, 0) is 83.5 Å². The molecule has 0 saturated carbocycles. The molecule has 0 radical (unpaired) electrons. The zero-order valence-corrected chi connectivity index (χ0v) is 55.7. The van der Waals surface area contributed by atoms with Crippen LogP contribution in [-0.2, 0) is 33.3 Å². The molecule has 0 fully saturated rings. The third kappa shape index (κ3) is 67.3. The van der Waals surface area contributed by atoms with Crippen molar-refractivity contribution >= 4 is 17.9 Å². The number of aliphatic carboxylic acids is 1. The summed E-state index contributed by atoms with van der Waals surface area (Å²) in [5.74, 6) is -2.33. The Labute approximate surface area is 524 Å². The Morgan fingerprint density at radius 1 is 0.365 bits per heavy atom. The lowest BCUT2D eigenvalue weighted by atomic mass is 10.0. The second kappa shape index (κ2) is 65.9. The summed E-state index contributed by atoms with van der Waals surface area (Å²) >= 11 is 0. The fourth-order valence-corrected chi connectivity index (χ4v) is 9.71. The number of quaternary nitrogens is 1. The molecule has 0 aromatic carbocycles. The average Bonchev–Trinajstić information content (AvgIpc) is 3.49. The highest BCUT2D eigenvalue weighted by Crippen LogP contribution is 2.18. The molecule has 2 unspecified atom stereocenters. The van der Waals surface area contributed by atoms with E-state index in [9.17, 15) is 19.5 Å². The van der Waals surface area contributed by atoms with Crippen molar-refractivity contribution in [3.63, 3.8) is 0 Å². The maximum Gasteiger partial charge on any atom is 0.306 e. The van der Waals surface area contributed by atoms with Gasteiger partial charge in [0.2, 0.25) is 0 Å². The topological polar surface area (TPSA) is 111 Å². The van der Waals surface area contributed by atoms with Gasteiger partial charge in [-0.2, -0.15) is 0 Å². The van der Waals surface area contributed by atoms with Crippen molar-refractivity contribution in [1.29, 1.82) is 0 Å². The van der Waals surface area contributed by atoms with Crippen molar-refractivity contribution < 1.29 is 42.9 Å². The number of esters is 2. The molecule has 0 aromatic heterocycles. The van der Waals surface area contributed by atoms with E-state index in [4.69, 9.17) is 18.9 Å². The predicted molar refractivity (Wildman–Crippen MR) is 361 cm³/mol. The number of carbonyl (C=O) groups excluding carboxylic acids is 3. The molecule has 0 amide bonds. The third-order valence-electron chi connectivity index (χ3n) is 15.0. The van der Waals surface area contributed by atoms with Gasteiger partial charge < -0.3 is 33.3 Å². The van der Waals surface area contributed by atoms with Crippen molar-refractivity contribution in [2.24, 2.45) is 0 Å². The van der Waals surface area contributed by atoms with Gasteiger partial charge in [-0.25, -0.2) is 0 Å². The highest BCUT2D eigenvalue weighted by Gasteiger charge is 2.22. The largest absolute Gasteiger partial charge is 0.545 e. The number of carboxylic acids is 1. The summed E-state index contributed by atoms with van der Waals surface area (Å²) in [5, 5.41) is 11.8. The number of likely N-dealkylation sites (N-methyl/N-ethyl adjacent to an activating group) is 1. The Morgan fingerprint density at radius 2 is 0.671 bits per heavy atom. The highest BCUT2D eigenvalue weighted by molar-refractivity contribution is 5.70. The zero-order chi connectivity index (χ0) is 61.9. The van der Waals surface area contributed by atoms with E-state index in [1.54, 1.807) is 0 Å². The first-order valence-electron chi connectivity index (χ1n) is 35.0. The van der Waals surface area contributed by atoms with E-state index in [2.05, 4.69) is 123 Å². The lowest BCUT2D eigenvalue weighted by Gasteiger charge is -2.26. The Hall–Kier alpha value is -4.05. The highest BCUT2D eigenvalue weighted by atomic mass is 16.7. The van der Waals surface area contributed by atoms with Gasteiger partial charge in [-0.15, -0.1) is 0 Å². The number of rotatable bonds is 64. The van der Waals surface area contributed by atoms with Gasteiger partial charge in [-0.1, -0.05) is 309 Å². The summed E-state index contributed by atoms with van der Waals surface area (Å²) in [4.78, 5) is 37.5. The van der Waals surface area contributed by atoms with Crippen LogP contribution in [0.15, 0.2) is 109 Å². The summed E-state index contributed by atoms with van der Waals surface area (Å²) in [6, 6.07) is 0. The molecule has 0 aliphatic heterocycles. The van der Waals surface area contributed by atoms with Crippen LogP contribution in [0.5, 0.6) is 0 Å². The number of carbonyl (C=O) groups is 3. The van der Waals surface area contributed by atoms with Crippen LogP contribution in [-0.4, -0.2) is 82.3 Å². The predicted octanol–water partition coefficient (Wildman–Crippen LogP) is 20.5. The smallest absolute Gasteiger partial charge is 0.306 e. The molecule has 0 bridgehead atoms. The number of hydrogen-bond acceptors (Lipinski definition) is 8. The summed E-state index contributed by atoms with van der Waals surface area (Å²) in [5.41, 5.74) is 0. The van der Waals surface area contributed by atoms with Crippen molar-refractivity contribution in [2.75, 3.05) is 47.5 Å². The number of nitrogens with zero attached hydrogens (tertiary/aromatic N) is 1. The quantitative estimate of drug-likeness (QED) is 0.0195. The van der Waals surface area contributed by atoms with E-state index < -0.39 is 24.3 Å². The van der Waals surface area contributed by atoms with Gasteiger partial charge in [0, 0.05) is 12.8 Å². The first-order chi connectivity index (χ1) is 41.6. The van der Waals surface area contributed by atoms with E-state index in [1.807, 2.05) is 21.1 Å². The number of carboxylic acid groups (broad SMARTS) is 1. The number of ether oxygens (including phenoxy) is 4. The Kier molecular flexibility index (Phi) is 62.8. The normalized spacial score (nSPS) is 13.4. The Morgan fingerprint density at radius 3 is 1.00 bits per heavy atom.